The average molecular weight is 500 g/mol. The van der Waals surface area contributed by atoms with Crippen molar-refractivity contribution in [1.82, 2.24) is 24.5 Å². The van der Waals surface area contributed by atoms with Gasteiger partial charge in [0.05, 0.1) is 12.2 Å². The number of piperazine rings is 1. The maximum absolute atomic E-state index is 12.9. The largest absolute Gasteiger partial charge is 0.462 e. The summed E-state index contributed by atoms with van der Waals surface area (Å²) in [6.07, 6.45) is 2.25. The number of anilines is 2. The summed E-state index contributed by atoms with van der Waals surface area (Å²) in [4.78, 5) is 37.8. The molecule has 10 nitrogen and oxygen atoms in total. The molecule has 2 aromatic heterocycles. The fourth-order valence-electron chi connectivity index (χ4n) is 4.53. The second kappa shape index (κ2) is 10.7. The van der Waals surface area contributed by atoms with Gasteiger partial charge in [-0.05, 0) is 43.7 Å². The molecule has 1 aliphatic rings. The highest BCUT2D eigenvalue weighted by molar-refractivity contribution is 5.92. The Kier molecular flexibility index (Phi) is 6.98. The highest BCUT2D eigenvalue weighted by Crippen LogP contribution is 2.27. The minimum absolute atomic E-state index is 0.176. The molecule has 5 rings (SSSR count). The van der Waals surface area contributed by atoms with Crippen LogP contribution in [0, 0.1) is 6.92 Å². The van der Waals surface area contributed by atoms with Crippen molar-refractivity contribution in [2.45, 2.75) is 20.3 Å². The van der Waals surface area contributed by atoms with Gasteiger partial charge in [0.15, 0.2) is 0 Å². The van der Waals surface area contributed by atoms with Crippen molar-refractivity contribution in [2.75, 3.05) is 43.0 Å². The minimum Gasteiger partial charge on any atom is -0.462 e. The molecule has 0 radical (unpaired) electrons. The maximum Gasteiger partial charge on any atom is 0.338 e. The Morgan fingerprint density at radius 1 is 1.00 bits per heavy atom. The van der Waals surface area contributed by atoms with Crippen LogP contribution < -0.4 is 10.2 Å². The lowest BCUT2D eigenvalue weighted by atomic mass is 10.0. The molecular formula is C27H29N7O3. The van der Waals surface area contributed by atoms with Gasteiger partial charge >= 0.3 is 12.0 Å². The zero-order chi connectivity index (χ0) is 25.8. The monoisotopic (exact) mass is 499 g/mol. The topological polar surface area (TPSA) is 105 Å². The third-order valence-corrected chi connectivity index (χ3v) is 6.44. The number of nitrogens with one attached hydrogen (secondary N) is 1. The number of esters is 1. The van der Waals surface area contributed by atoms with E-state index in [0.717, 1.165) is 23.5 Å². The highest BCUT2D eigenvalue weighted by Gasteiger charge is 2.26. The lowest BCUT2D eigenvalue weighted by Gasteiger charge is -2.37. The number of urea groups is 1. The first-order chi connectivity index (χ1) is 18.0. The van der Waals surface area contributed by atoms with E-state index in [0.29, 0.717) is 49.8 Å². The Morgan fingerprint density at radius 2 is 1.73 bits per heavy atom. The quantitative estimate of drug-likeness (QED) is 0.405. The Hall–Kier alpha value is -4.47. The van der Waals surface area contributed by atoms with Crippen LogP contribution >= 0.6 is 0 Å². The maximum atomic E-state index is 12.9. The number of nitrogens with zero attached hydrogens (tertiary/aromatic N) is 6. The second-order valence-corrected chi connectivity index (χ2v) is 8.84. The molecule has 0 saturated carbocycles. The Bertz CT molecular complexity index is 1400. The molecule has 1 saturated heterocycles. The molecule has 4 aromatic rings. The molecule has 1 aliphatic heterocycles. The molecule has 2 aromatic carbocycles. The van der Waals surface area contributed by atoms with Crippen molar-refractivity contribution < 1.29 is 14.3 Å². The Labute approximate surface area is 214 Å². The van der Waals surface area contributed by atoms with Crippen LogP contribution in [0.1, 0.15) is 34.1 Å². The first-order valence-electron chi connectivity index (χ1n) is 12.3. The molecule has 37 heavy (non-hydrogen) atoms. The molecule has 0 unspecified atom stereocenters. The van der Waals surface area contributed by atoms with Gasteiger partial charge in [-0.3, -0.25) is 0 Å². The number of rotatable bonds is 6. The summed E-state index contributed by atoms with van der Waals surface area (Å²) >= 11 is 0. The summed E-state index contributed by atoms with van der Waals surface area (Å²) in [6.45, 7) is 6.49. The van der Waals surface area contributed by atoms with Gasteiger partial charge in [0.25, 0.3) is 5.78 Å². The van der Waals surface area contributed by atoms with Gasteiger partial charge in [-0.25, -0.2) is 14.6 Å². The highest BCUT2D eigenvalue weighted by atomic mass is 16.5. The van der Waals surface area contributed by atoms with E-state index >= 15 is 0 Å². The van der Waals surface area contributed by atoms with E-state index in [1.165, 1.54) is 11.9 Å². The number of ether oxygens (including phenoxy) is 1. The van der Waals surface area contributed by atoms with Gasteiger partial charge in [0.1, 0.15) is 12.1 Å². The number of benzene rings is 2. The number of hydrogen-bond donors (Lipinski definition) is 1. The molecule has 0 spiro atoms. The predicted molar refractivity (Wildman–Crippen MR) is 140 cm³/mol. The number of aryl methyl sites for hydroxylation is 1. The van der Waals surface area contributed by atoms with E-state index in [-0.39, 0.29) is 12.0 Å². The van der Waals surface area contributed by atoms with Gasteiger partial charge in [-0.2, -0.15) is 14.6 Å². The molecule has 1 fully saturated rings. The number of carbonyl (C=O) groups is 2. The van der Waals surface area contributed by atoms with Gasteiger partial charge in [-0.15, -0.1) is 0 Å². The standard InChI is InChI=1S/C27H29N7O3/c1-3-37-25(35)21-9-11-22(12-10-21)31-27(36)33-15-13-32(14-16-33)24-23(17-20-7-5-4-6-8-20)19(2)30-26-28-18-29-34(24)26/h4-12,18H,3,13-17H2,1-2H3,(H,31,36). The zero-order valence-corrected chi connectivity index (χ0v) is 20.9. The molecule has 0 atom stereocenters. The second-order valence-electron chi connectivity index (χ2n) is 8.84. The fourth-order valence-corrected chi connectivity index (χ4v) is 4.53. The van der Waals surface area contributed by atoms with Crippen LogP contribution in [0.15, 0.2) is 60.9 Å². The van der Waals surface area contributed by atoms with Crippen molar-refractivity contribution in [1.29, 1.82) is 0 Å². The summed E-state index contributed by atoms with van der Waals surface area (Å²) in [5.41, 5.74) is 4.29. The van der Waals surface area contributed by atoms with E-state index in [9.17, 15) is 9.59 Å². The number of hydrogen-bond acceptors (Lipinski definition) is 7. The number of carbonyl (C=O) groups excluding carboxylic acids is 2. The molecule has 10 heteroatoms. The summed E-state index contributed by atoms with van der Waals surface area (Å²) in [7, 11) is 0. The third kappa shape index (κ3) is 5.23. The molecule has 1 N–H and O–H groups in total. The van der Waals surface area contributed by atoms with Gasteiger partial charge in [0.2, 0.25) is 0 Å². The lowest BCUT2D eigenvalue weighted by molar-refractivity contribution is 0.0526. The Balaban J connectivity index is 1.29. The molecule has 3 heterocycles. The molecule has 2 amide bonds. The SMILES string of the molecule is CCOC(=O)c1ccc(NC(=O)N2CCN(c3c(Cc4ccccc4)c(C)nc4ncnn34)CC2)cc1. The lowest BCUT2D eigenvalue weighted by Crippen LogP contribution is -2.50. The van der Waals surface area contributed by atoms with Crippen molar-refractivity contribution >= 4 is 29.3 Å². The minimum atomic E-state index is -0.379. The van der Waals surface area contributed by atoms with Crippen molar-refractivity contribution in [3.05, 3.63) is 83.3 Å². The van der Waals surface area contributed by atoms with Crippen LogP contribution in [0.5, 0.6) is 0 Å². The fraction of sp³-hybridized carbons (Fsp3) is 0.296. The normalized spacial score (nSPS) is 13.6. The van der Waals surface area contributed by atoms with Crippen molar-refractivity contribution in [3.63, 3.8) is 0 Å². The van der Waals surface area contributed by atoms with Crippen LogP contribution in [0.2, 0.25) is 0 Å². The number of fused-ring (bicyclic) bond motifs is 1. The summed E-state index contributed by atoms with van der Waals surface area (Å²) in [5, 5.41) is 7.38. The molecule has 190 valence electrons. The van der Waals surface area contributed by atoms with Crippen molar-refractivity contribution in [3.8, 4) is 0 Å². The van der Waals surface area contributed by atoms with E-state index < -0.39 is 0 Å². The first kappa shape index (κ1) is 24.2. The van der Waals surface area contributed by atoms with E-state index in [4.69, 9.17) is 4.74 Å². The van der Waals surface area contributed by atoms with Crippen LogP contribution in [-0.2, 0) is 11.2 Å². The van der Waals surface area contributed by atoms with E-state index in [1.54, 1.807) is 40.6 Å². The van der Waals surface area contributed by atoms with Gasteiger partial charge < -0.3 is 19.9 Å². The van der Waals surface area contributed by atoms with Gasteiger partial charge in [0, 0.05) is 49.5 Å². The zero-order valence-electron chi connectivity index (χ0n) is 20.9. The molecule has 0 bridgehead atoms. The predicted octanol–water partition coefficient (Wildman–Crippen LogP) is 3.55. The summed E-state index contributed by atoms with van der Waals surface area (Å²) in [5.74, 6) is 1.16. The summed E-state index contributed by atoms with van der Waals surface area (Å²) < 4.78 is 6.81. The van der Waals surface area contributed by atoms with E-state index in [1.807, 2.05) is 25.1 Å². The Morgan fingerprint density at radius 3 is 2.43 bits per heavy atom. The van der Waals surface area contributed by atoms with Crippen molar-refractivity contribution in [2.24, 2.45) is 0 Å². The first-order valence-corrected chi connectivity index (χ1v) is 12.3. The number of aromatic nitrogens is 4. The van der Waals surface area contributed by atoms with Crippen LogP contribution in [0.3, 0.4) is 0 Å². The summed E-state index contributed by atoms with van der Waals surface area (Å²) in [6, 6.07) is 16.8. The van der Waals surface area contributed by atoms with Crippen LogP contribution in [0.4, 0.5) is 16.3 Å². The van der Waals surface area contributed by atoms with Gasteiger partial charge in [-0.1, -0.05) is 30.3 Å². The third-order valence-electron chi connectivity index (χ3n) is 6.44. The van der Waals surface area contributed by atoms with Crippen LogP contribution in [-0.4, -0.2) is 69.3 Å². The molecule has 0 aliphatic carbocycles. The average Bonchev–Trinajstić information content (AvgIpc) is 3.38. The smallest absolute Gasteiger partial charge is 0.338 e. The van der Waals surface area contributed by atoms with E-state index in [2.05, 4.69) is 37.4 Å². The number of amides is 2. The van der Waals surface area contributed by atoms with Crippen LogP contribution in [0.25, 0.3) is 5.78 Å². The molecular weight excluding hydrogens is 470 g/mol.